The number of pyridine rings is 1. The van der Waals surface area contributed by atoms with Crippen LogP contribution < -0.4 is 16.0 Å². The van der Waals surface area contributed by atoms with Crippen LogP contribution in [0.4, 0.5) is 0 Å². The normalized spacial score (nSPS) is 11.5. The van der Waals surface area contributed by atoms with Crippen molar-refractivity contribution >= 4 is 0 Å². The molecule has 112 valence electrons. The summed E-state index contributed by atoms with van der Waals surface area (Å²) in [6, 6.07) is 11.5. The number of rotatable bonds is 4. The molecule has 2 rings (SSSR count). The molecule has 0 amide bonds. The minimum absolute atomic E-state index is 0.0612. The average Bonchev–Trinajstić information content (AvgIpc) is 2.42. The van der Waals surface area contributed by atoms with Crippen molar-refractivity contribution in [2.75, 3.05) is 6.61 Å². The van der Waals surface area contributed by atoms with Crippen molar-refractivity contribution in [3.8, 4) is 17.0 Å². The molecule has 2 N–H and O–H groups in total. The Balaban J connectivity index is 2.46. The Kier molecular flexibility index (Phi) is 4.19. The van der Waals surface area contributed by atoms with Gasteiger partial charge >= 0.3 is 0 Å². The molecule has 0 unspecified atom stereocenters. The Morgan fingerprint density at radius 1 is 1.14 bits per heavy atom. The molecule has 0 saturated carbocycles. The van der Waals surface area contributed by atoms with E-state index in [1.165, 1.54) is 0 Å². The van der Waals surface area contributed by atoms with Crippen LogP contribution in [-0.2, 0) is 12.6 Å². The molecule has 1 heterocycles. The minimum atomic E-state index is -0.647. The molecule has 0 atom stereocenters. The van der Waals surface area contributed by atoms with Gasteiger partial charge in [0.25, 0.3) is 5.56 Å². The number of nitrogens with two attached hydrogens (primary N) is 1. The Bertz CT molecular complexity index is 679. The van der Waals surface area contributed by atoms with Gasteiger partial charge < -0.3 is 15.0 Å². The fourth-order valence-electron chi connectivity index (χ4n) is 2.30. The summed E-state index contributed by atoms with van der Waals surface area (Å²) in [5.74, 6) is 0.825. The summed E-state index contributed by atoms with van der Waals surface area (Å²) >= 11 is 0. The van der Waals surface area contributed by atoms with E-state index in [0.717, 1.165) is 17.0 Å². The SMILES string of the molecule is CCOc1ccc(-c2ccc(C(C)(C)N)c(=O)n2C)cc1. The van der Waals surface area contributed by atoms with E-state index in [1.807, 2.05) is 57.2 Å². The van der Waals surface area contributed by atoms with E-state index in [9.17, 15) is 4.79 Å². The van der Waals surface area contributed by atoms with E-state index >= 15 is 0 Å². The molecule has 1 aromatic heterocycles. The number of ether oxygens (including phenoxy) is 1. The molecular weight excluding hydrogens is 264 g/mol. The standard InChI is InChI=1S/C17H22N2O2/c1-5-21-13-8-6-12(7-9-13)15-11-10-14(17(2,3)18)16(20)19(15)4/h6-11H,5,18H2,1-4H3. The maximum Gasteiger partial charge on any atom is 0.255 e. The topological polar surface area (TPSA) is 57.2 Å². The van der Waals surface area contributed by atoms with Gasteiger partial charge in [-0.3, -0.25) is 4.79 Å². The molecular formula is C17H22N2O2. The molecule has 2 aromatic rings. The monoisotopic (exact) mass is 286 g/mol. The van der Waals surface area contributed by atoms with E-state index in [2.05, 4.69) is 0 Å². The fraction of sp³-hybridized carbons (Fsp3) is 0.353. The van der Waals surface area contributed by atoms with E-state index in [0.29, 0.717) is 12.2 Å². The largest absolute Gasteiger partial charge is 0.494 e. The number of benzene rings is 1. The van der Waals surface area contributed by atoms with Crippen molar-refractivity contribution in [3.63, 3.8) is 0 Å². The number of nitrogens with zero attached hydrogens (tertiary/aromatic N) is 1. The molecule has 0 saturated heterocycles. The number of aromatic nitrogens is 1. The first-order chi connectivity index (χ1) is 9.84. The van der Waals surface area contributed by atoms with Gasteiger partial charge in [-0.05, 0) is 62.7 Å². The Morgan fingerprint density at radius 2 is 1.76 bits per heavy atom. The maximum atomic E-state index is 12.4. The van der Waals surface area contributed by atoms with Crippen LogP contribution in [0.2, 0.25) is 0 Å². The predicted octanol–water partition coefficient (Wildman–Crippen LogP) is 2.64. The third-order valence-electron chi connectivity index (χ3n) is 3.46. The zero-order valence-electron chi connectivity index (χ0n) is 13.0. The molecule has 4 heteroatoms. The van der Waals surface area contributed by atoms with Crippen molar-refractivity contribution in [1.82, 2.24) is 4.57 Å². The third-order valence-corrected chi connectivity index (χ3v) is 3.46. The lowest BCUT2D eigenvalue weighted by molar-refractivity contribution is 0.340. The summed E-state index contributed by atoms with van der Waals surface area (Å²) in [7, 11) is 1.77. The number of hydrogen-bond donors (Lipinski definition) is 1. The summed E-state index contributed by atoms with van der Waals surface area (Å²) in [4.78, 5) is 12.4. The van der Waals surface area contributed by atoms with Crippen molar-refractivity contribution in [1.29, 1.82) is 0 Å². The molecule has 0 bridgehead atoms. The van der Waals surface area contributed by atoms with Gasteiger partial charge in [-0.15, -0.1) is 0 Å². The molecule has 1 aromatic carbocycles. The highest BCUT2D eigenvalue weighted by Crippen LogP contribution is 2.23. The highest BCUT2D eigenvalue weighted by Gasteiger charge is 2.19. The molecule has 4 nitrogen and oxygen atoms in total. The molecule has 0 fully saturated rings. The lowest BCUT2D eigenvalue weighted by Crippen LogP contribution is -2.37. The van der Waals surface area contributed by atoms with Gasteiger partial charge in [0.1, 0.15) is 5.75 Å². The highest BCUT2D eigenvalue weighted by atomic mass is 16.5. The van der Waals surface area contributed by atoms with Crippen LogP contribution in [0, 0.1) is 0 Å². The lowest BCUT2D eigenvalue weighted by Gasteiger charge is -2.20. The zero-order chi connectivity index (χ0) is 15.6. The fourth-order valence-corrected chi connectivity index (χ4v) is 2.30. The Morgan fingerprint density at radius 3 is 2.29 bits per heavy atom. The molecule has 0 spiro atoms. The van der Waals surface area contributed by atoms with Crippen LogP contribution in [0.1, 0.15) is 26.3 Å². The molecule has 0 aliphatic carbocycles. The lowest BCUT2D eigenvalue weighted by atomic mass is 9.96. The predicted molar refractivity (Wildman–Crippen MR) is 85.5 cm³/mol. The number of hydrogen-bond acceptors (Lipinski definition) is 3. The molecule has 0 radical (unpaired) electrons. The van der Waals surface area contributed by atoms with Crippen LogP contribution >= 0.6 is 0 Å². The van der Waals surface area contributed by atoms with Gasteiger partial charge in [0.2, 0.25) is 0 Å². The average molecular weight is 286 g/mol. The smallest absolute Gasteiger partial charge is 0.255 e. The summed E-state index contributed by atoms with van der Waals surface area (Å²) in [6.45, 7) is 6.25. The first-order valence-corrected chi connectivity index (χ1v) is 7.07. The quantitative estimate of drug-likeness (QED) is 0.940. The third kappa shape index (κ3) is 3.16. The highest BCUT2D eigenvalue weighted by molar-refractivity contribution is 5.61. The maximum absolute atomic E-state index is 12.4. The summed E-state index contributed by atoms with van der Waals surface area (Å²) in [6.07, 6.45) is 0. The minimum Gasteiger partial charge on any atom is -0.494 e. The summed E-state index contributed by atoms with van der Waals surface area (Å²) in [5.41, 5.74) is 7.77. The first-order valence-electron chi connectivity index (χ1n) is 7.07. The first kappa shape index (κ1) is 15.3. The molecule has 0 aliphatic heterocycles. The van der Waals surface area contributed by atoms with Gasteiger partial charge in [-0.2, -0.15) is 0 Å². The van der Waals surface area contributed by atoms with Gasteiger partial charge in [0.05, 0.1) is 12.3 Å². The van der Waals surface area contributed by atoms with E-state index in [4.69, 9.17) is 10.5 Å². The van der Waals surface area contributed by atoms with Crippen molar-refractivity contribution in [2.45, 2.75) is 26.3 Å². The van der Waals surface area contributed by atoms with Crippen LogP contribution in [0.5, 0.6) is 5.75 Å². The van der Waals surface area contributed by atoms with E-state index in [-0.39, 0.29) is 5.56 Å². The Hall–Kier alpha value is -2.07. The van der Waals surface area contributed by atoms with Crippen LogP contribution in [0.25, 0.3) is 11.3 Å². The van der Waals surface area contributed by atoms with Gasteiger partial charge in [0.15, 0.2) is 0 Å². The summed E-state index contributed by atoms with van der Waals surface area (Å²) in [5, 5.41) is 0. The van der Waals surface area contributed by atoms with E-state index < -0.39 is 5.54 Å². The summed E-state index contributed by atoms with van der Waals surface area (Å²) < 4.78 is 7.07. The van der Waals surface area contributed by atoms with Gasteiger partial charge in [0, 0.05) is 18.2 Å². The Labute approximate surface area is 125 Å². The van der Waals surface area contributed by atoms with E-state index in [1.54, 1.807) is 11.6 Å². The van der Waals surface area contributed by atoms with Crippen LogP contribution in [-0.4, -0.2) is 11.2 Å². The van der Waals surface area contributed by atoms with Gasteiger partial charge in [-0.1, -0.05) is 0 Å². The van der Waals surface area contributed by atoms with Crippen LogP contribution in [0.3, 0.4) is 0 Å². The van der Waals surface area contributed by atoms with Crippen molar-refractivity contribution in [2.24, 2.45) is 12.8 Å². The molecule has 0 aliphatic rings. The van der Waals surface area contributed by atoms with Gasteiger partial charge in [-0.25, -0.2) is 0 Å². The second-order valence-corrected chi connectivity index (χ2v) is 5.68. The zero-order valence-corrected chi connectivity index (χ0v) is 13.0. The van der Waals surface area contributed by atoms with Crippen molar-refractivity contribution < 1.29 is 4.74 Å². The molecule has 21 heavy (non-hydrogen) atoms. The second-order valence-electron chi connectivity index (χ2n) is 5.68. The second kappa shape index (κ2) is 5.74. The van der Waals surface area contributed by atoms with Crippen LogP contribution in [0.15, 0.2) is 41.2 Å². The van der Waals surface area contributed by atoms with Crippen molar-refractivity contribution in [3.05, 3.63) is 52.3 Å².